The molecule has 0 spiro atoms. The highest BCUT2D eigenvalue weighted by Crippen LogP contribution is 2.36. The number of hydrogen-bond donors (Lipinski definition) is 3. The molecule has 1 aromatic carbocycles. The summed E-state index contributed by atoms with van der Waals surface area (Å²) >= 11 is 8.63. The predicted molar refractivity (Wildman–Crippen MR) is 105 cm³/mol. The highest BCUT2D eigenvalue weighted by atomic mass is 79.9. The molecule has 0 aliphatic rings. The molecule has 1 amide bonds. The molecule has 26 heavy (non-hydrogen) atoms. The third-order valence-electron chi connectivity index (χ3n) is 3.23. The van der Waals surface area contributed by atoms with Crippen LogP contribution in [0.1, 0.15) is 26.3 Å². The van der Waals surface area contributed by atoms with Gasteiger partial charge in [0.05, 0.1) is 13.7 Å². The fraction of sp³-hybridized carbons (Fsp3) is 0.438. The molecule has 3 N–H and O–H groups in total. The molecule has 0 saturated heterocycles. The Hall–Kier alpha value is -2.07. The third kappa shape index (κ3) is 5.46. The van der Waals surface area contributed by atoms with Crippen LogP contribution in [0.5, 0.6) is 11.5 Å². The minimum Gasteiger partial charge on any atom is -0.493 e. The van der Waals surface area contributed by atoms with E-state index < -0.39 is 0 Å². The van der Waals surface area contributed by atoms with Crippen LogP contribution in [-0.4, -0.2) is 40.0 Å². The van der Waals surface area contributed by atoms with Gasteiger partial charge in [-0.2, -0.15) is 5.10 Å². The lowest BCUT2D eigenvalue weighted by Gasteiger charge is -2.21. The van der Waals surface area contributed by atoms with Crippen LogP contribution < -0.4 is 20.2 Å². The smallest absolute Gasteiger partial charge is 0.258 e. The first-order valence-electron chi connectivity index (χ1n) is 7.86. The summed E-state index contributed by atoms with van der Waals surface area (Å²) in [5.41, 5.74) is 3.58. The van der Waals surface area contributed by atoms with E-state index in [9.17, 15) is 4.79 Å². The number of hydrogen-bond acceptors (Lipinski definition) is 6. The van der Waals surface area contributed by atoms with E-state index in [1.165, 1.54) is 6.33 Å². The van der Waals surface area contributed by atoms with Crippen molar-refractivity contribution in [2.75, 3.05) is 19.1 Å². The Morgan fingerprint density at radius 3 is 2.73 bits per heavy atom. The van der Waals surface area contributed by atoms with Crippen LogP contribution >= 0.6 is 28.1 Å². The molecule has 2 rings (SSSR count). The van der Waals surface area contributed by atoms with Crippen molar-refractivity contribution in [2.24, 2.45) is 0 Å². The maximum absolute atomic E-state index is 12.1. The molecule has 142 valence electrons. The molecule has 0 bridgehead atoms. The van der Waals surface area contributed by atoms with Crippen molar-refractivity contribution < 1.29 is 14.3 Å². The maximum Gasteiger partial charge on any atom is 0.258 e. The number of H-pyrrole nitrogens is 1. The van der Waals surface area contributed by atoms with E-state index in [1.807, 2.05) is 26.8 Å². The second kappa shape index (κ2) is 8.54. The second-order valence-corrected chi connectivity index (χ2v) is 7.75. The van der Waals surface area contributed by atoms with Crippen molar-refractivity contribution in [3.8, 4) is 11.5 Å². The first-order valence-corrected chi connectivity index (χ1v) is 9.06. The standard InChI is InChI=1S/C16H22BrN5O3S/c1-16(2,3)20-13(23)8-25-14-10(11(17)5-6-12(14)24-4)7-19-22-9-18-21-15(22)26/h5-6,9,19H,7-8H2,1-4H3,(H,20,23)(H,21,26). The monoisotopic (exact) mass is 443 g/mol. The normalized spacial score (nSPS) is 11.1. The van der Waals surface area contributed by atoms with Crippen LogP contribution in [0.4, 0.5) is 0 Å². The van der Waals surface area contributed by atoms with Crippen molar-refractivity contribution in [1.29, 1.82) is 0 Å². The van der Waals surface area contributed by atoms with Gasteiger partial charge in [-0.15, -0.1) is 0 Å². The molecular weight excluding hydrogens is 422 g/mol. The van der Waals surface area contributed by atoms with E-state index in [0.29, 0.717) is 22.8 Å². The Kier molecular flexibility index (Phi) is 6.65. The number of methoxy groups -OCH3 is 1. The molecule has 10 heteroatoms. The van der Waals surface area contributed by atoms with Crippen molar-refractivity contribution >= 4 is 34.1 Å². The molecule has 0 unspecified atom stereocenters. The number of ether oxygens (including phenoxy) is 2. The number of nitrogens with one attached hydrogen (secondary N) is 3. The number of benzene rings is 1. The van der Waals surface area contributed by atoms with Crippen LogP contribution in [0.25, 0.3) is 0 Å². The van der Waals surface area contributed by atoms with Crippen molar-refractivity contribution in [2.45, 2.75) is 32.9 Å². The number of nitrogens with zero attached hydrogens (tertiary/aromatic N) is 2. The Bertz CT molecular complexity index is 828. The lowest BCUT2D eigenvalue weighted by molar-refractivity contribution is -0.124. The number of carbonyl (C=O) groups is 1. The van der Waals surface area contributed by atoms with Crippen molar-refractivity contribution in [3.63, 3.8) is 0 Å². The molecule has 0 saturated carbocycles. The summed E-state index contributed by atoms with van der Waals surface area (Å²) in [6.45, 7) is 5.99. The number of rotatable bonds is 7. The average Bonchev–Trinajstić information content (AvgIpc) is 2.95. The highest BCUT2D eigenvalue weighted by Gasteiger charge is 2.18. The van der Waals surface area contributed by atoms with Gasteiger partial charge in [0.25, 0.3) is 5.91 Å². The van der Waals surface area contributed by atoms with Crippen LogP contribution in [0.3, 0.4) is 0 Å². The Labute approximate surface area is 165 Å². The van der Waals surface area contributed by atoms with E-state index in [4.69, 9.17) is 21.7 Å². The minimum absolute atomic E-state index is 0.123. The lowest BCUT2D eigenvalue weighted by Crippen LogP contribution is -2.43. The molecule has 0 aliphatic carbocycles. The molecule has 0 aliphatic heterocycles. The van der Waals surface area contributed by atoms with E-state index in [0.717, 1.165) is 10.0 Å². The molecule has 0 atom stereocenters. The van der Waals surface area contributed by atoms with Gasteiger partial charge in [-0.05, 0) is 45.1 Å². The van der Waals surface area contributed by atoms with Gasteiger partial charge in [0, 0.05) is 15.6 Å². The van der Waals surface area contributed by atoms with E-state index >= 15 is 0 Å². The van der Waals surface area contributed by atoms with Gasteiger partial charge in [-0.3, -0.25) is 9.89 Å². The van der Waals surface area contributed by atoms with Gasteiger partial charge in [-0.25, -0.2) is 4.68 Å². The van der Waals surface area contributed by atoms with Gasteiger partial charge in [0.15, 0.2) is 18.1 Å². The maximum atomic E-state index is 12.1. The summed E-state index contributed by atoms with van der Waals surface area (Å²) in [6.07, 6.45) is 1.54. The third-order valence-corrected chi connectivity index (χ3v) is 4.26. The van der Waals surface area contributed by atoms with Gasteiger partial charge in [0.2, 0.25) is 4.77 Å². The molecule has 8 nitrogen and oxygen atoms in total. The van der Waals surface area contributed by atoms with Crippen LogP contribution in [0.15, 0.2) is 22.9 Å². The molecular formula is C16H22BrN5O3S. The van der Waals surface area contributed by atoms with Crippen LogP contribution in [0.2, 0.25) is 0 Å². The number of aromatic amines is 1. The van der Waals surface area contributed by atoms with Crippen LogP contribution in [-0.2, 0) is 11.3 Å². The quantitative estimate of drug-likeness (QED) is 0.569. The summed E-state index contributed by atoms with van der Waals surface area (Å²) < 4.78 is 14.0. The SMILES string of the molecule is COc1ccc(Br)c(CNn2cn[nH]c2=S)c1OCC(=O)NC(C)(C)C. The average molecular weight is 444 g/mol. The number of aromatic nitrogens is 3. The zero-order valence-corrected chi connectivity index (χ0v) is 17.5. The zero-order chi connectivity index (χ0) is 19.3. The van der Waals surface area contributed by atoms with Gasteiger partial charge >= 0.3 is 0 Å². The lowest BCUT2D eigenvalue weighted by atomic mass is 10.1. The van der Waals surface area contributed by atoms with E-state index in [-0.39, 0.29) is 18.1 Å². The summed E-state index contributed by atoms with van der Waals surface area (Å²) in [6, 6.07) is 3.63. The topological polar surface area (TPSA) is 93.2 Å². The number of amides is 1. The first-order chi connectivity index (χ1) is 12.2. The Balaban J connectivity index is 2.20. The fourth-order valence-electron chi connectivity index (χ4n) is 2.18. The molecule has 2 aromatic rings. The predicted octanol–water partition coefficient (Wildman–Crippen LogP) is 2.75. The second-order valence-electron chi connectivity index (χ2n) is 6.51. The molecule has 1 heterocycles. The van der Waals surface area contributed by atoms with Crippen LogP contribution in [0, 0.1) is 4.77 Å². The fourth-order valence-corrected chi connectivity index (χ4v) is 2.80. The number of halogens is 1. The summed E-state index contributed by atoms with van der Waals surface area (Å²) in [5.74, 6) is 0.799. The van der Waals surface area contributed by atoms with Gasteiger partial charge in [-0.1, -0.05) is 15.9 Å². The number of carbonyl (C=O) groups excluding carboxylic acids is 1. The first kappa shape index (κ1) is 20.2. The summed E-state index contributed by atoms with van der Waals surface area (Å²) in [5, 5.41) is 9.38. The van der Waals surface area contributed by atoms with Gasteiger partial charge in [0.1, 0.15) is 6.33 Å². The summed E-state index contributed by atoms with van der Waals surface area (Å²) in [4.78, 5) is 12.1. The molecule has 0 radical (unpaired) electrons. The highest BCUT2D eigenvalue weighted by molar-refractivity contribution is 9.10. The van der Waals surface area contributed by atoms with E-state index in [2.05, 4.69) is 36.9 Å². The minimum atomic E-state index is -0.329. The largest absolute Gasteiger partial charge is 0.493 e. The van der Waals surface area contributed by atoms with Gasteiger partial charge < -0.3 is 20.2 Å². The zero-order valence-electron chi connectivity index (χ0n) is 15.1. The Morgan fingerprint density at radius 1 is 1.42 bits per heavy atom. The Morgan fingerprint density at radius 2 is 2.15 bits per heavy atom. The molecule has 1 aromatic heterocycles. The van der Waals surface area contributed by atoms with Crippen molar-refractivity contribution in [3.05, 3.63) is 33.3 Å². The van der Waals surface area contributed by atoms with Crippen molar-refractivity contribution in [1.82, 2.24) is 20.2 Å². The van der Waals surface area contributed by atoms with E-state index in [1.54, 1.807) is 17.9 Å². The molecule has 0 fully saturated rings. The summed E-state index contributed by atoms with van der Waals surface area (Å²) in [7, 11) is 1.55.